The number of Topliss-reactive ketones (excluding diaryl/α,β-unsaturated/α-hetero) is 2. The van der Waals surface area contributed by atoms with Crippen LogP contribution in [-0.2, 0) is 14.3 Å². The van der Waals surface area contributed by atoms with Gasteiger partial charge in [-0.25, -0.2) is 0 Å². The minimum atomic E-state index is -0.478. The molecule has 0 fully saturated rings. The molecule has 0 saturated carbocycles. The predicted molar refractivity (Wildman–Crippen MR) is 38.9 cm³/mol. The molecule has 0 saturated heterocycles. The molecule has 1 aliphatic heterocycles. The SMILES string of the molecule is CC(=O)C1=C(C)OC(C)C1=O. The van der Waals surface area contributed by atoms with E-state index in [2.05, 4.69) is 0 Å². The van der Waals surface area contributed by atoms with Gasteiger partial charge in [0.05, 0.1) is 0 Å². The van der Waals surface area contributed by atoms with Gasteiger partial charge in [0.25, 0.3) is 0 Å². The lowest BCUT2D eigenvalue weighted by molar-refractivity contribution is -0.123. The Morgan fingerprint density at radius 2 is 2.09 bits per heavy atom. The van der Waals surface area contributed by atoms with Gasteiger partial charge in [-0.15, -0.1) is 0 Å². The number of ketones is 2. The third kappa shape index (κ3) is 1.18. The molecule has 11 heavy (non-hydrogen) atoms. The van der Waals surface area contributed by atoms with Crippen LogP contribution in [0.5, 0.6) is 0 Å². The standard InChI is InChI=1S/C8H10O3/c1-4(9)7-5(2)11-6(3)8(7)10/h6H,1-3H3. The highest BCUT2D eigenvalue weighted by Crippen LogP contribution is 2.21. The van der Waals surface area contributed by atoms with Crippen molar-refractivity contribution < 1.29 is 14.3 Å². The van der Waals surface area contributed by atoms with Crippen LogP contribution < -0.4 is 0 Å². The lowest BCUT2D eigenvalue weighted by atomic mass is 10.1. The minimum Gasteiger partial charge on any atom is -0.486 e. The van der Waals surface area contributed by atoms with Crippen LogP contribution in [0.25, 0.3) is 0 Å². The lowest BCUT2D eigenvalue weighted by Crippen LogP contribution is -2.16. The van der Waals surface area contributed by atoms with Gasteiger partial charge in [-0.1, -0.05) is 0 Å². The Labute approximate surface area is 65.0 Å². The third-order valence-electron chi connectivity index (χ3n) is 1.67. The fourth-order valence-corrected chi connectivity index (χ4v) is 1.18. The highest BCUT2D eigenvalue weighted by Gasteiger charge is 2.31. The molecular formula is C8H10O3. The van der Waals surface area contributed by atoms with E-state index in [1.54, 1.807) is 13.8 Å². The van der Waals surface area contributed by atoms with Gasteiger partial charge in [-0.3, -0.25) is 9.59 Å². The molecule has 3 nitrogen and oxygen atoms in total. The van der Waals surface area contributed by atoms with Gasteiger partial charge >= 0.3 is 0 Å². The average Bonchev–Trinajstić information content (AvgIpc) is 2.07. The van der Waals surface area contributed by atoms with Crippen molar-refractivity contribution in [2.75, 3.05) is 0 Å². The molecule has 0 aliphatic carbocycles. The zero-order valence-electron chi connectivity index (χ0n) is 6.80. The van der Waals surface area contributed by atoms with Gasteiger partial charge in [0.1, 0.15) is 11.3 Å². The van der Waals surface area contributed by atoms with E-state index in [0.717, 1.165) is 0 Å². The summed E-state index contributed by atoms with van der Waals surface area (Å²) >= 11 is 0. The van der Waals surface area contributed by atoms with Gasteiger partial charge < -0.3 is 4.74 Å². The van der Waals surface area contributed by atoms with Crippen molar-refractivity contribution in [2.45, 2.75) is 26.9 Å². The van der Waals surface area contributed by atoms with Crippen LogP contribution in [0.2, 0.25) is 0 Å². The molecule has 0 aromatic rings. The summed E-state index contributed by atoms with van der Waals surface area (Å²) in [6.45, 7) is 4.65. The minimum absolute atomic E-state index is 0.199. The summed E-state index contributed by atoms with van der Waals surface area (Å²) in [5, 5.41) is 0. The van der Waals surface area contributed by atoms with Crippen molar-refractivity contribution in [3.63, 3.8) is 0 Å². The molecule has 0 N–H and O–H groups in total. The summed E-state index contributed by atoms with van der Waals surface area (Å²) in [5.41, 5.74) is 0.220. The van der Waals surface area contributed by atoms with Crippen LogP contribution in [0.1, 0.15) is 20.8 Å². The summed E-state index contributed by atoms with van der Waals surface area (Å²) in [5.74, 6) is 0.0434. The lowest BCUT2D eigenvalue weighted by Gasteiger charge is -2.00. The fraction of sp³-hybridized carbons (Fsp3) is 0.500. The predicted octanol–water partition coefficient (Wildman–Crippen LogP) is 0.837. The van der Waals surface area contributed by atoms with E-state index < -0.39 is 6.10 Å². The maximum absolute atomic E-state index is 11.2. The fourth-order valence-electron chi connectivity index (χ4n) is 1.18. The van der Waals surface area contributed by atoms with Crippen LogP contribution in [0.15, 0.2) is 11.3 Å². The molecule has 0 radical (unpaired) electrons. The van der Waals surface area contributed by atoms with Crippen LogP contribution in [-0.4, -0.2) is 17.7 Å². The first-order chi connectivity index (χ1) is 5.04. The van der Waals surface area contributed by atoms with Crippen molar-refractivity contribution >= 4 is 11.6 Å². The van der Waals surface area contributed by atoms with E-state index in [1.807, 2.05) is 0 Å². The molecule has 3 heteroatoms. The molecule has 1 unspecified atom stereocenters. The highest BCUT2D eigenvalue weighted by molar-refractivity contribution is 6.22. The normalized spacial score (nSPS) is 23.9. The number of ether oxygens (including phenoxy) is 1. The Morgan fingerprint density at radius 1 is 1.55 bits per heavy atom. The molecule has 1 atom stereocenters. The van der Waals surface area contributed by atoms with E-state index in [1.165, 1.54) is 6.92 Å². The molecule has 1 rings (SSSR count). The monoisotopic (exact) mass is 154 g/mol. The van der Waals surface area contributed by atoms with Crippen molar-refractivity contribution in [1.29, 1.82) is 0 Å². The highest BCUT2D eigenvalue weighted by atomic mass is 16.5. The number of hydrogen-bond acceptors (Lipinski definition) is 3. The van der Waals surface area contributed by atoms with Crippen LogP contribution in [0, 0.1) is 0 Å². The second-order valence-electron chi connectivity index (χ2n) is 2.61. The molecule has 60 valence electrons. The molecule has 0 spiro atoms. The van der Waals surface area contributed by atoms with Crippen molar-refractivity contribution in [3.05, 3.63) is 11.3 Å². The van der Waals surface area contributed by atoms with Gasteiger partial charge in [-0.2, -0.15) is 0 Å². The van der Waals surface area contributed by atoms with Crippen LogP contribution >= 0.6 is 0 Å². The average molecular weight is 154 g/mol. The number of carbonyl (C=O) groups is 2. The summed E-state index contributed by atoms with van der Waals surface area (Å²) in [4.78, 5) is 22.0. The maximum Gasteiger partial charge on any atom is 0.209 e. The Balaban J connectivity index is 3.01. The van der Waals surface area contributed by atoms with Gasteiger partial charge in [-0.05, 0) is 20.8 Å². The van der Waals surface area contributed by atoms with Crippen LogP contribution in [0.3, 0.4) is 0 Å². The van der Waals surface area contributed by atoms with Crippen LogP contribution in [0.4, 0.5) is 0 Å². The van der Waals surface area contributed by atoms with E-state index in [0.29, 0.717) is 5.76 Å². The smallest absolute Gasteiger partial charge is 0.209 e. The Kier molecular flexibility index (Phi) is 1.81. The second kappa shape index (κ2) is 2.49. The van der Waals surface area contributed by atoms with E-state index in [-0.39, 0.29) is 17.1 Å². The van der Waals surface area contributed by atoms with E-state index in [4.69, 9.17) is 4.74 Å². The molecule has 1 heterocycles. The molecule has 0 aromatic carbocycles. The first-order valence-corrected chi connectivity index (χ1v) is 3.46. The molecule has 0 bridgehead atoms. The Morgan fingerprint density at radius 3 is 2.27 bits per heavy atom. The quantitative estimate of drug-likeness (QED) is 0.525. The molecule has 0 aromatic heterocycles. The first-order valence-electron chi connectivity index (χ1n) is 3.46. The summed E-state index contributed by atoms with van der Waals surface area (Å²) in [6, 6.07) is 0. The zero-order chi connectivity index (χ0) is 8.59. The molecule has 0 amide bonds. The number of rotatable bonds is 1. The zero-order valence-corrected chi connectivity index (χ0v) is 6.80. The summed E-state index contributed by atoms with van der Waals surface area (Å²) in [7, 11) is 0. The number of hydrogen-bond donors (Lipinski definition) is 0. The van der Waals surface area contributed by atoms with Gasteiger partial charge in [0.15, 0.2) is 11.9 Å². The van der Waals surface area contributed by atoms with Gasteiger partial charge in [0, 0.05) is 0 Å². The molecule has 1 aliphatic rings. The van der Waals surface area contributed by atoms with E-state index >= 15 is 0 Å². The second-order valence-corrected chi connectivity index (χ2v) is 2.61. The topological polar surface area (TPSA) is 43.4 Å². The van der Waals surface area contributed by atoms with Gasteiger partial charge in [0.2, 0.25) is 5.78 Å². The summed E-state index contributed by atoms with van der Waals surface area (Å²) in [6.07, 6.45) is -0.478. The van der Waals surface area contributed by atoms with Crippen molar-refractivity contribution in [2.24, 2.45) is 0 Å². The van der Waals surface area contributed by atoms with Crippen molar-refractivity contribution in [1.82, 2.24) is 0 Å². The Hall–Kier alpha value is -1.12. The van der Waals surface area contributed by atoms with E-state index in [9.17, 15) is 9.59 Å². The van der Waals surface area contributed by atoms with Crippen molar-refractivity contribution in [3.8, 4) is 0 Å². The maximum atomic E-state index is 11.2. The third-order valence-corrected chi connectivity index (χ3v) is 1.67. The molecular weight excluding hydrogens is 144 g/mol. The Bertz CT molecular complexity index is 250. The number of carbonyl (C=O) groups excluding carboxylic acids is 2. The summed E-state index contributed by atoms with van der Waals surface area (Å²) < 4.78 is 5.06. The largest absolute Gasteiger partial charge is 0.486 e. The first kappa shape index (κ1) is 7.98. The number of allylic oxidation sites excluding steroid dienone is 1.